The maximum atomic E-state index is 13.4. The third-order valence-corrected chi connectivity index (χ3v) is 7.54. The standard InChI is InChI=1S/C26H36ClN5O2/c1-5-13-31-24(33)22(16-18(2)3)28-25(34)26(31)11-14-30(15-12-26)17-21-19(4)29-32(23(21)27)20-9-7-6-8-10-20/h6-10,18,22H,5,11-17H2,1-4H3,(H,28,34). The first kappa shape index (κ1) is 24.7. The molecule has 3 heterocycles. The topological polar surface area (TPSA) is 70.5 Å². The molecule has 0 radical (unpaired) electrons. The Morgan fingerprint density at radius 2 is 1.85 bits per heavy atom. The van der Waals surface area contributed by atoms with Crippen LogP contribution in [0.15, 0.2) is 30.3 Å². The molecule has 2 amide bonds. The number of aryl methyl sites for hydroxylation is 1. The van der Waals surface area contributed by atoms with Crippen LogP contribution in [-0.2, 0) is 16.1 Å². The highest BCUT2D eigenvalue weighted by atomic mass is 35.5. The first-order chi connectivity index (χ1) is 16.3. The number of likely N-dealkylation sites (tertiary alicyclic amines) is 1. The number of carbonyl (C=O) groups is 2. The van der Waals surface area contributed by atoms with Crippen LogP contribution in [0.2, 0.25) is 5.15 Å². The second-order valence-electron chi connectivity index (χ2n) is 10.1. The van der Waals surface area contributed by atoms with Crippen molar-refractivity contribution in [3.05, 3.63) is 46.7 Å². The van der Waals surface area contributed by atoms with Gasteiger partial charge in [-0.15, -0.1) is 0 Å². The minimum absolute atomic E-state index is 0.0111. The molecule has 2 aromatic rings. The van der Waals surface area contributed by atoms with Gasteiger partial charge in [-0.2, -0.15) is 5.10 Å². The molecule has 2 aliphatic heterocycles. The minimum Gasteiger partial charge on any atom is -0.342 e. The van der Waals surface area contributed by atoms with E-state index in [1.165, 1.54) is 0 Å². The van der Waals surface area contributed by atoms with Gasteiger partial charge in [0.15, 0.2) is 0 Å². The maximum Gasteiger partial charge on any atom is 0.246 e. The van der Waals surface area contributed by atoms with Gasteiger partial charge >= 0.3 is 0 Å². The summed E-state index contributed by atoms with van der Waals surface area (Å²) < 4.78 is 1.78. The van der Waals surface area contributed by atoms with Crippen LogP contribution < -0.4 is 5.32 Å². The SMILES string of the molecule is CCCN1C(=O)C(CC(C)C)NC(=O)C12CCN(Cc1c(C)nn(-c3ccccc3)c1Cl)CC2. The highest BCUT2D eigenvalue weighted by molar-refractivity contribution is 6.30. The van der Waals surface area contributed by atoms with Crippen LogP contribution in [0.4, 0.5) is 0 Å². The monoisotopic (exact) mass is 485 g/mol. The lowest BCUT2D eigenvalue weighted by atomic mass is 9.80. The Labute approximate surface area is 207 Å². The van der Waals surface area contributed by atoms with Crippen molar-refractivity contribution < 1.29 is 9.59 Å². The van der Waals surface area contributed by atoms with Gasteiger partial charge in [-0.25, -0.2) is 4.68 Å². The first-order valence-corrected chi connectivity index (χ1v) is 12.8. The summed E-state index contributed by atoms with van der Waals surface area (Å²) in [5.41, 5.74) is 2.10. The first-order valence-electron chi connectivity index (χ1n) is 12.4. The Hall–Kier alpha value is -2.38. The number of rotatable bonds is 7. The molecular formula is C26H36ClN5O2. The summed E-state index contributed by atoms with van der Waals surface area (Å²) >= 11 is 6.75. The van der Waals surface area contributed by atoms with Crippen LogP contribution in [0.1, 0.15) is 57.7 Å². The average Bonchev–Trinajstić information content (AvgIpc) is 3.10. The quantitative estimate of drug-likeness (QED) is 0.644. The van der Waals surface area contributed by atoms with Crippen molar-refractivity contribution in [3.63, 3.8) is 0 Å². The summed E-state index contributed by atoms with van der Waals surface area (Å²) in [6.07, 6.45) is 2.77. The summed E-state index contributed by atoms with van der Waals surface area (Å²) in [4.78, 5) is 30.9. The van der Waals surface area contributed by atoms with Gasteiger partial charge in [0, 0.05) is 31.7 Å². The number of halogens is 1. The zero-order valence-electron chi connectivity index (χ0n) is 20.7. The van der Waals surface area contributed by atoms with Crippen molar-refractivity contribution >= 4 is 23.4 Å². The fourth-order valence-corrected chi connectivity index (χ4v) is 5.64. The molecule has 0 bridgehead atoms. The van der Waals surface area contributed by atoms with E-state index in [0.29, 0.717) is 43.4 Å². The summed E-state index contributed by atoms with van der Waals surface area (Å²) in [7, 11) is 0. The number of para-hydroxylation sites is 1. The number of piperazine rings is 1. The highest BCUT2D eigenvalue weighted by Crippen LogP contribution is 2.35. The average molecular weight is 486 g/mol. The molecule has 2 aliphatic rings. The molecule has 7 nitrogen and oxygen atoms in total. The van der Waals surface area contributed by atoms with Gasteiger partial charge in [-0.05, 0) is 50.7 Å². The van der Waals surface area contributed by atoms with E-state index in [9.17, 15) is 9.59 Å². The van der Waals surface area contributed by atoms with Gasteiger partial charge in [-0.3, -0.25) is 14.5 Å². The number of carbonyl (C=O) groups excluding carboxylic acids is 2. The fraction of sp³-hybridized carbons (Fsp3) is 0.577. The van der Waals surface area contributed by atoms with Crippen molar-refractivity contribution in [2.45, 2.75) is 71.5 Å². The Morgan fingerprint density at radius 3 is 2.47 bits per heavy atom. The predicted octanol–water partition coefficient (Wildman–Crippen LogP) is 3.95. The van der Waals surface area contributed by atoms with E-state index < -0.39 is 11.6 Å². The smallest absolute Gasteiger partial charge is 0.246 e. The summed E-state index contributed by atoms with van der Waals surface area (Å²) in [6.45, 7) is 11.0. The second kappa shape index (κ2) is 10.1. The van der Waals surface area contributed by atoms with Crippen LogP contribution >= 0.6 is 11.6 Å². The van der Waals surface area contributed by atoms with E-state index in [2.05, 4.69) is 36.1 Å². The molecule has 0 aliphatic carbocycles. The van der Waals surface area contributed by atoms with E-state index in [-0.39, 0.29) is 11.8 Å². The fourth-order valence-electron chi connectivity index (χ4n) is 5.31. The minimum atomic E-state index is -0.746. The molecule has 184 valence electrons. The lowest BCUT2D eigenvalue weighted by Crippen LogP contribution is -2.73. The molecular weight excluding hydrogens is 450 g/mol. The van der Waals surface area contributed by atoms with Crippen molar-refractivity contribution in [2.75, 3.05) is 19.6 Å². The number of hydrogen-bond acceptors (Lipinski definition) is 4. The van der Waals surface area contributed by atoms with E-state index in [4.69, 9.17) is 11.6 Å². The van der Waals surface area contributed by atoms with Crippen molar-refractivity contribution in [1.29, 1.82) is 0 Å². The molecule has 1 atom stereocenters. The Morgan fingerprint density at radius 1 is 1.18 bits per heavy atom. The normalized spacial score (nSPS) is 20.9. The molecule has 1 aromatic heterocycles. The van der Waals surface area contributed by atoms with Gasteiger partial charge < -0.3 is 10.2 Å². The number of piperidine rings is 1. The maximum absolute atomic E-state index is 13.4. The van der Waals surface area contributed by atoms with E-state index in [1.807, 2.05) is 42.2 Å². The number of aromatic nitrogens is 2. The van der Waals surface area contributed by atoms with Gasteiger partial charge in [-0.1, -0.05) is 50.6 Å². The molecule has 1 aromatic carbocycles. The molecule has 8 heteroatoms. The van der Waals surface area contributed by atoms with Crippen molar-refractivity contribution in [3.8, 4) is 5.69 Å². The Bertz CT molecular complexity index is 1030. The summed E-state index contributed by atoms with van der Waals surface area (Å²) in [6, 6.07) is 9.47. The Kier molecular flexibility index (Phi) is 7.33. The molecule has 2 fully saturated rings. The zero-order valence-corrected chi connectivity index (χ0v) is 21.4. The van der Waals surface area contributed by atoms with E-state index in [0.717, 1.165) is 36.5 Å². The molecule has 1 N–H and O–H groups in total. The molecule has 34 heavy (non-hydrogen) atoms. The van der Waals surface area contributed by atoms with Crippen LogP contribution in [0.5, 0.6) is 0 Å². The molecule has 0 saturated carbocycles. The molecule has 4 rings (SSSR count). The zero-order chi connectivity index (χ0) is 24.5. The summed E-state index contributed by atoms with van der Waals surface area (Å²) in [5.74, 6) is 0.432. The van der Waals surface area contributed by atoms with Gasteiger partial charge in [0.2, 0.25) is 11.8 Å². The van der Waals surface area contributed by atoms with Crippen LogP contribution in [-0.4, -0.2) is 62.6 Å². The third-order valence-electron chi connectivity index (χ3n) is 7.15. The third kappa shape index (κ3) is 4.60. The number of amides is 2. The van der Waals surface area contributed by atoms with E-state index in [1.54, 1.807) is 4.68 Å². The number of nitrogens with one attached hydrogen (secondary N) is 1. The number of nitrogens with zero attached hydrogens (tertiary/aromatic N) is 4. The lowest BCUT2D eigenvalue weighted by Gasteiger charge is -2.51. The number of benzene rings is 1. The number of hydrogen-bond donors (Lipinski definition) is 1. The lowest BCUT2D eigenvalue weighted by molar-refractivity contribution is -0.161. The van der Waals surface area contributed by atoms with Gasteiger partial charge in [0.05, 0.1) is 11.4 Å². The van der Waals surface area contributed by atoms with Gasteiger partial charge in [0.1, 0.15) is 16.7 Å². The van der Waals surface area contributed by atoms with Gasteiger partial charge in [0.25, 0.3) is 0 Å². The predicted molar refractivity (Wildman–Crippen MR) is 134 cm³/mol. The second-order valence-corrected chi connectivity index (χ2v) is 10.4. The van der Waals surface area contributed by atoms with Crippen molar-refractivity contribution in [2.24, 2.45) is 5.92 Å². The van der Waals surface area contributed by atoms with Crippen LogP contribution in [0.25, 0.3) is 5.69 Å². The summed E-state index contributed by atoms with van der Waals surface area (Å²) in [5, 5.41) is 8.35. The highest BCUT2D eigenvalue weighted by Gasteiger charge is 2.53. The molecule has 1 unspecified atom stereocenters. The molecule has 2 saturated heterocycles. The van der Waals surface area contributed by atoms with Crippen LogP contribution in [0.3, 0.4) is 0 Å². The van der Waals surface area contributed by atoms with E-state index >= 15 is 0 Å². The largest absolute Gasteiger partial charge is 0.342 e. The van der Waals surface area contributed by atoms with Crippen molar-refractivity contribution in [1.82, 2.24) is 24.9 Å². The Balaban J connectivity index is 1.49. The molecule has 1 spiro atoms. The van der Waals surface area contributed by atoms with Crippen LogP contribution in [0, 0.1) is 12.8 Å².